The number of carbonyl (C=O) groups is 1. The summed E-state index contributed by atoms with van der Waals surface area (Å²) in [6, 6.07) is 7.56. The van der Waals surface area contributed by atoms with Gasteiger partial charge in [0.1, 0.15) is 0 Å². The van der Waals surface area contributed by atoms with Gasteiger partial charge in [-0.25, -0.2) is 14.7 Å². The van der Waals surface area contributed by atoms with Gasteiger partial charge in [0.05, 0.1) is 43.5 Å². The molecule has 3 heterocycles. The lowest BCUT2D eigenvalue weighted by Crippen LogP contribution is -2.33. The van der Waals surface area contributed by atoms with Crippen LogP contribution in [-0.2, 0) is 11.3 Å². The minimum Gasteiger partial charge on any atom is -0.394 e. The van der Waals surface area contributed by atoms with Crippen LogP contribution in [0.4, 0.5) is 11.6 Å². The molecule has 0 aliphatic carbocycles. The second kappa shape index (κ2) is 8.94. The number of nitrogens with zero attached hydrogens (tertiary/aromatic N) is 6. The molecule has 1 aliphatic heterocycles. The first kappa shape index (κ1) is 20.5. The molecule has 31 heavy (non-hydrogen) atoms. The number of hydrazine groups is 1. The van der Waals surface area contributed by atoms with Gasteiger partial charge in [-0.2, -0.15) is 10.1 Å². The molecule has 4 rings (SSSR count). The molecule has 0 atom stereocenters. The van der Waals surface area contributed by atoms with Crippen molar-refractivity contribution in [1.29, 1.82) is 0 Å². The molecule has 1 aliphatic rings. The number of hydrogen-bond acceptors (Lipinski definition) is 8. The maximum Gasteiger partial charge on any atom is 0.247 e. The topological polar surface area (TPSA) is 111 Å². The summed E-state index contributed by atoms with van der Waals surface area (Å²) >= 11 is 0. The molecule has 10 heteroatoms. The Morgan fingerprint density at radius 1 is 1.35 bits per heavy atom. The van der Waals surface area contributed by atoms with Crippen LogP contribution in [0.1, 0.15) is 5.56 Å². The molecule has 0 fully saturated rings. The SMILES string of the molecule is C=CC(=O)Nc1cccc(Cn2ncc3cnc(NC4=CN(CCO)N(C)C4)nc32)c1. The molecule has 3 N–H and O–H groups in total. The molecule has 1 amide bonds. The zero-order valence-electron chi connectivity index (χ0n) is 17.2. The summed E-state index contributed by atoms with van der Waals surface area (Å²) in [6.45, 7) is 5.24. The van der Waals surface area contributed by atoms with E-state index in [0.717, 1.165) is 16.6 Å². The van der Waals surface area contributed by atoms with Crippen molar-refractivity contribution >= 4 is 28.6 Å². The van der Waals surface area contributed by atoms with E-state index >= 15 is 0 Å². The maximum absolute atomic E-state index is 11.5. The van der Waals surface area contributed by atoms with E-state index in [1.54, 1.807) is 17.1 Å². The molecule has 0 saturated heterocycles. The molecular formula is C21H24N8O2. The Labute approximate surface area is 179 Å². The van der Waals surface area contributed by atoms with Crippen LogP contribution in [0.25, 0.3) is 11.0 Å². The van der Waals surface area contributed by atoms with E-state index < -0.39 is 0 Å². The van der Waals surface area contributed by atoms with E-state index in [4.69, 9.17) is 5.11 Å². The number of likely N-dealkylation sites (N-methyl/N-ethyl adjacent to an activating group) is 1. The standard InChI is InChI=1S/C21H24N8O2/c1-3-19(31)24-17-6-4-5-15(9-17)12-29-20-16(11-23-29)10-22-21(26-20)25-18-13-27(2)28(14-18)7-8-30/h3-6,9-11,14,30H,1,7-8,12-13H2,2H3,(H,24,31)(H,22,25,26). The van der Waals surface area contributed by atoms with E-state index in [9.17, 15) is 4.79 Å². The van der Waals surface area contributed by atoms with Crippen molar-refractivity contribution in [2.45, 2.75) is 6.54 Å². The largest absolute Gasteiger partial charge is 0.394 e. The number of carbonyl (C=O) groups excluding carboxylic acids is 1. The maximum atomic E-state index is 11.5. The van der Waals surface area contributed by atoms with Gasteiger partial charge in [0.2, 0.25) is 11.9 Å². The normalized spacial score (nSPS) is 14.0. The zero-order chi connectivity index (χ0) is 21.8. The summed E-state index contributed by atoms with van der Waals surface area (Å²) in [6.07, 6.45) is 6.64. The summed E-state index contributed by atoms with van der Waals surface area (Å²) in [5, 5.41) is 24.4. The third-order valence-corrected chi connectivity index (χ3v) is 4.83. The van der Waals surface area contributed by atoms with Crippen molar-refractivity contribution in [1.82, 2.24) is 29.8 Å². The number of anilines is 2. The van der Waals surface area contributed by atoms with Crippen LogP contribution in [-0.4, -0.2) is 67.5 Å². The van der Waals surface area contributed by atoms with E-state index in [1.165, 1.54) is 6.08 Å². The molecule has 0 radical (unpaired) electrons. The fourth-order valence-electron chi connectivity index (χ4n) is 3.37. The molecular weight excluding hydrogens is 396 g/mol. The van der Waals surface area contributed by atoms with Crippen LogP contribution < -0.4 is 10.6 Å². The molecule has 10 nitrogen and oxygen atoms in total. The number of aromatic nitrogens is 4. The van der Waals surface area contributed by atoms with Gasteiger partial charge < -0.3 is 20.7 Å². The predicted molar refractivity (Wildman–Crippen MR) is 118 cm³/mol. The third kappa shape index (κ3) is 4.71. The fraction of sp³-hybridized carbons (Fsp3) is 0.238. The van der Waals surface area contributed by atoms with Gasteiger partial charge in [0.25, 0.3) is 0 Å². The highest BCUT2D eigenvalue weighted by molar-refractivity contribution is 5.98. The van der Waals surface area contributed by atoms with Crippen molar-refractivity contribution in [3.05, 3.63) is 66.8 Å². The van der Waals surface area contributed by atoms with Gasteiger partial charge in [0.15, 0.2) is 5.65 Å². The van der Waals surface area contributed by atoms with E-state index in [-0.39, 0.29) is 12.5 Å². The van der Waals surface area contributed by atoms with Crippen LogP contribution in [0, 0.1) is 0 Å². The second-order valence-electron chi connectivity index (χ2n) is 7.15. The average Bonchev–Trinajstić information content (AvgIpc) is 3.31. The minimum absolute atomic E-state index is 0.0776. The van der Waals surface area contributed by atoms with Gasteiger partial charge in [-0.15, -0.1) is 0 Å². The number of nitrogens with one attached hydrogen (secondary N) is 2. The monoisotopic (exact) mass is 420 g/mol. The van der Waals surface area contributed by atoms with Gasteiger partial charge in [-0.05, 0) is 23.8 Å². The first-order chi connectivity index (χ1) is 15.1. The molecule has 0 bridgehead atoms. The lowest BCUT2D eigenvalue weighted by atomic mass is 10.2. The van der Waals surface area contributed by atoms with Gasteiger partial charge >= 0.3 is 0 Å². The van der Waals surface area contributed by atoms with Crippen LogP contribution >= 0.6 is 0 Å². The highest BCUT2D eigenvalue weighted by atomic mass is 16.3. The van der Waals surface area contributed by atoms with Gasteiger partial charge in [0, 0.05) is 25.1 Å². The Balaban J connectivity index is 1.53. The quantitative estimate of drug-likeness (QED) is 0.469. The van der Waals surface area contributed by atoms with Crippen molar-refractivity contribution in [3.63, 3.8) is 0 Å². The highest BCUT2D eigenvalue weighted by Gasteiger charge is 2.18. The number of benzene rings is 1. The lowest BCUT2D eigenvalue weighted by molar-refractivity contribution is -0.111. The summed E-state index contributed by atoms with van der Waals surface area (Å²) in [5.41, 5.74) is 3.31. The molecule has 0 spiro atoms. The fourth-order valence-corrected chi connectivity index (χ4v) is 3.37. The van der Waals surface area contributed by atoms with Crippen molar-refractivity contribution in [2.24, 2.45) is 0 Å². The Kier molecular flexibility index (Phi) is 5.92. The Hall–Kier alpha value is -3.76. The molecule has 160 valence electrons. The summed E-state index contributed by atoms with van der Waals surface area (Å²) in [4.78, 5) is 20.6. The van der Waals surface area contributed by atoms with Gasteiger partial charge in [-0.1, -0.05) is 18.7 Å². The van der Waals surface area contributed by atoms with E-state index in [2.05, 4.69) is 32.3 Å². The van der Waals surface area contributed by atoms with Crippen molar-refractivity contribution < 1.29 is 9.90 Å². The lowest BCUT2D eigenvalue weighted by Gasteiger charge is -2.23. The summed E-state index contributed by atoms with van der Waals surface area (Å²) in [5.74, 6) is 0.223. The van der Waals surface area contributed by atoms with Crippen molar-refractivity contribution in [3.8, 4) is 0 Å². The zero-order valence-corrected chi connectivity index (χ0v) is 17.2. The Morgan fingerprint density at radius 3 is 3.03 bits per heavy atom. The minimum atomic E-state index is -0.255. The van der Waals surface area contributed by atoms with Crippen LogP contribution in [0.3, 0.4) is 0 Å². The number of rotatable bonds is 8. The Bertz CT molecular complexity index is 1140. The number of amides is 1. The van der Waals surface area contributed by atoms with Crippen LogP contribution in [0.15, 0.2) is 61.2 Å². The average molecular weight is 420 g/mol. The predicted octanol–water partition coefficient (Wildman–Crippen LogP) is 1.41. The number of hydrogen-bond donors (Lipinski definition) is 3. The van der Waals surface area contributed by atoms with Gasteiger partial charge in [-0.3, -0.25) is 4.79 Å². The molecule has 0 saturated carbocycles. The second-order valence-corrected chi connectivity index (χ2v) is 7.15. The van der Waals surface area contributed by atoms with E-state index in [0.29, 0.717) is 36.9 Å². The van der Waals surface area contributed by atoms with Crippen molar-refractivity contribution in [2.75, 3.05) is 37.4 Å². The third-order valence-electron chi connectivity index (χ3n) is 4.83. The first-order valence-electron chi connectivity index (χ1n) is 9.83. The number of aliphatic hydroxyl groups excluding tert-OH is 1. The summed E-state index contributed by atoms with van der Waals surface area (Å²) < 4.78 is 1.80. The molecule has 0 unspecified atom stereocenters. The molecule has 2 aromatic heterocycles. The Morgan fingerprint density at radius 2 is 2.23 bits per heavy atom. The highest BCUT2D eigenvalue weighted by Crippen LogP contribution is 2.19. The molecule has 3 aromatic rings. The number of aliphatic hydroxyl groups is 1. The number of β-amino-alcohol motifs (C(OH)–C–C–N with tert-alkyl or cyclic N) is 1. The van der Waals surface area contributed by atoms with E-state index in [1.807, 2.05) is 47.5 Å². The number of fused-ring (bicyclic) bond motifs is 1. The first-order valence-corrected chi connectivity index (χ1v) is 9.83. The van der Waals surface area contributed by atoms with Crippen LogP contribution in [0.2, 0.25) is 0 Å². The van der Waals surface area contributed by atoms with Crippen LogP contribution in [0.5, 0.6) is 0 Å². The smallest absolute Gasteiger partial charge is 0.247 e. The molecule has 1 aromatic carbocycles. The summed E-state index contributed by atoms with van der Waals surface area (Å²) in [7, 11) is 1.95.